The third kappa shape index (κ3) is 7.06. The van der Waals surface area contributed by atoms with Gasteiger partial charge in [-0.05, 0) is 29.4 Å². The van der Waals surface area contributed by atoms with Crippen LogP contribution in [-0.2, 0) is 41.4 Å². The van der Waals surface area contributed by atoms with Gasteiger partial charge in [-0.25, -0.2) is 9.59 Å². The molecule has 35 heavy (non-hydrogen) atoms. The lowest BCUT2D eigenvalue weighted by atomic mass is 9.78. The Labute approximate surface area is 205 Å². The van der Waals surface area contributed by atoms with E-state index < -0.39 is 37.2 Å². The van der Waals surface area contributed by atoms with Crippen molar-refractivity contribution in [3.8, 4) is 0 Å². The van der Waals surface area contributed by atoms with Crippen LogP contribution in [0.4, 0.5) is 4.79 Å². The minimum absolute atomic E-state index is 0.123. The van der Waals surface area contributed by atoms with Crippen molar-refractivity contribution < 1.29 is 33.2 Å². The molecule has 9 nitrogen and oxygen atoms in total. The van der Waals surface area contributed by atoms with Crippen LogP contribution >= 0.6 is 0 Å². The standard InChI is InChI=1S/C25H31BN2O7/c1-32-24(30)21(16-18-11-13-20(14-12-18)26(33-2)34-3)27-23(29)22-10-7-15-28(22)25(31)35-17-19-8-5-4-6-9-19/h4-6,8-9,11-14,21-22H,7,10,15-17H2,1-3H3,(H,27,29)/t21-,22-/m1/s1. The monoisotopic (exact) mass is 482 g/mol. The molecule has 2 aromatic carbocycles. The highest BCUT2D eigenvalue weighted by Crippen LogP contribution is 2.20. The van der Waals surface area contributed by atoms with Gasteiger partial charge in [0.25, 0.3) is 0 Å². The molecule has 0 saturated carbocycles. The van der Waals surface area contributed by atoms with E-state index in [-0.39, 0.29) is 13.0 Å². The molecule has 1 aliphatic heterocycles. The van der Waals surface area contributed by atoms with E-state index >= 15 is 0 Å². The molecule has 0 bridgehead atoms. The number of hydrogen-bond donors (Lipinski definition) is 1. The Hall–Kier alpha value is -3.37. The number of benzene rings is 2. The molecule has 1 heterocycles. The van der Waals surface area contributed by atoms with Crippen LogP contribution in [0.3, 0.4) is 0 Å². The normalized spacial score (nSPS) is 15.9. The van der Waals surface area contributed by atoms with Crippen molar-refractivity contribution in [2.45, 2.75) is 38.0 Å². The zero-order valence-electron chi connectivity index (χ0n) is 20.3. The van der Waals surface area contributed by atoms with Gasteiger partial charge in [0, 0.05) is 27.2 Å². The van der Waals surface area contributed by atoms with Gasteiger partial charge in [-0.1, -0.05) is 54.6 Å². The number of nitrogens with zero attached hydrogens (tertiary/aromatic N) is 1. The maximum atomic E-state index is 13.1. The van der Waals surface area contributed by atoms with Gasteiger partial charge in [-0.15, -0.1) is 0 Å². The largest absolute Gasteiger partial charge is 0.493 e. The van der Waals surface area contributed by atoms with E-state index in [2.05, 4.69) is 5.32 Å². The van der Waals surface area contributed by atoms with E-state index in [9.17, 15) is 14.4 Å². The Morgan fingerprint density at radius 3 is 2.31 bits per heavy atom. The predicted octanol–water partition coefficient (Wildman–Crippen LogP) is 1.68. The van der Waals surface area contributed by atoms with Crippen molar-refractivity contribution in [3.05, 3.63) is 65.7 Å². The highest BCUT2D eigenvalue weighted by atomic mass is 16.6. The quantitative estimate of drug-likeness (QED) is 0.406. The van der Waals surface area contributed by atoms with Crippen LogP contribution in [0, 0.1) is 0 Å². The van der Waals surface area contributed by atoms with Gasteiger partial charge in [0.2, 0.25) is 5.91 Å². The Balaban J connectivity index is 1.62. The summed E-state index contributed by atoms with van der Waals surface area (Å²) >= 11 is 0. The molecule has 1 N–H and O–H groups in total. The van der Waals surface area contributed by atoms with Crippen molar-refractivity contribution in [2.24, 2.45) is 0 Å². The first-order valence-electron chi connectivity index (χ1n) is 11.5. The van der Waals surface area contributed by atoms with Crippen LogP contribution in [0.25, 0.3) is 0 Å². The Morgan fingerprint density at radius 2 is 1.69 bits per heavy atom. The summed E-state index contributed by atoms with van der Waals surface area (Å²) in [6, 6.07) is 15.1. The highest BCUT2D eigenvalue weighted by Gasteiger charge is 2.37. The number of carbonyl (C=O) groups is 3. The molecule has 0 unspecified atom stereocenters. The van der Waals surface area contributed by atoms with Gasteiger partial charge in [0.1, 0.15) is 18.7 Å². The minimum atomic E-state index is -0.901. The van der Waals surface area contributed by atoms with E-state index in [1.807, 2.05) is 54.6 Å². The second kappa shape index (κ2) is 12.9. The molecule has 1 saturated heterocycles. The fourth-order valence-electron chi connectivity index (χ4n) is 4.08. The van der Waals surface area contributed by atoms with Crippen LogP contribution in [0.5, 0.6) is 0 Å². The summed E-state index contributed by atoms with van der Waals surface area (Å²) in [6.07, 6.45) is 0.838. The van der Waals surface area contributed by atoms with Crippen molar-refractivity contribution in [1.82, 2.24) is 10.2 Å². The van der Waals surface area contributed by atoms with Crippen molar-refractivity contribution in [2.75, 3.05) is 27.9 Å². The maximum absolute atomic E-state index is 13.1. The average molecular weight is 482 g/mol. The lowest BCUT2D eigenvalue weighted by Gasteiger charge is -2.25. The van der Waals surface area contributed by atoms with Crippen LogP contribution in [0.1, 0.15) is 24.0 Å². The zero-order valence-corrected chi connectivity index (χ0v) is 20.3. The smallest absolute Gasteiger partial charge is 0.467 e. The maximum Gasteiger partial charge on any atom is 0.493 e. The lowest BCUT2D eigenvalue weighted by Crippen LogP contribution is -2.51. The average Bonchev–Trinajstić information content (AvgIpc) is 3.39. The molecule has 0 spiro atoms. The lowest BCUT2D eigenvalue weighted by molar-refractivity contribution is -0.145. The molecule has 0 aliphatic carbocycles. The first-order valence-corrected chi connectivity index (χ1v) is 11.5. The first-order chi connectivity index (χ1) is 17.0. The molecule has 2 aromatic rings. The van der Waals surface area contributed by atoms with E-state index in [0.717, 1.165) is 16.6 Å². The van der Waals surface area contributed by atoms with E-state index in [4.69, 9.17) is 18.8 Å². The van der Waals surface area contributed by atoms with Gasteiger partial charge in [0.05, 0.1) is 7.11 Å². The Morgan fingerprint density at radius 1 is 1.00 bits per heavy atom. The molecule has 0 aromatic heterocycles. The van der Waals surface area contributed by atoms with E-state index in [1.165, 1.54) is 12.0 Å². The van der Waals surface area contributed by atoms with Gasteiger partial charge in [0.15, 0.2) is 0 Å². The molecule has 186 valence electrons. The summed E-state index contributed by atoms with van der Waals surface area (Å²) in [4.78, 5) is 39.6. The van der Waals surface area contributed by atoms with Crippen LogP contribution in [0.2, 0.25) is 0 Å². The van der Waals surface area contributed by atoms with Crippen LogP contribution in [-0.4, -0.2) is 69.9 Å². The van der Waals surface area contributed by atoms with Crippen molar-refractivity contribution >= 4 is 30.6 Å². The number of ether oxygens (including phenoxy) is 2. The molecule has 10 heteroatoms. The molecule has 1 aliphatic rings. The van der Waals surface area contributed by atoms with Gasteiger partial charge in [-0.2, -0.15) is 0 Å². The van der Waals surface area contributed by atoms with Gasteiger partial charge in [-0.3, -0.25) is 9.69 Å². The highest BCUT2D eigenvalue weighted by molar-refractivity contribution is 6.61. The molecular formula is C25H31BN2O7. The topological polar surface area (TPSA) is 103 Å². The third-order valence-corrected chi connectivity index (χ3v) is 5.92. The molecule has 0 radical (unpaired) electrons. The predicted molar refractivity (Wildman–Crippen MR) is 130 cm³/mol. The second-order valence-corrected chi connectivity index (χ2v) is 8.22. The fraction of sp³-hybridized carbons (Fsp3) is 0.400. The third-order valence-electron chi connectivity index (χ3n) is 5.92. The van der Waals surface area contributed by atoms with E-state index in [0.29, 0.717) is 19.4 Å². The molecule has 3 rings (SSSR count). The zero-order chi connectivity index (χ0) is 25.2. The van der Waals surface area contributed by atoms with Crippen LogP contribution in [0.15, 0.2) is 54.6 Å². The van der Waals surface area contributed by atoms with Gasteiger partial charge < -0.3 is 24.1 Å². The number of hydrogen-bond acceptors (Lipinski definition) is 7. The number of likely N-dealkylation sites (tertiary alicyclic amines) is 1. The number of amides is 2. The summed E-state index contributed by atoms with van der Waals surface area (Å²) < 4.78 is 20.8. The number of rotatable bonds is 10. The minimum Gasteiger partial charge on any atom is -0.467 e. The summed E-state index contributed by atoms with van der Waals surface area (Å²) in [5.41, 5.74) is 2.51. The first kappa shape index (κ1) is 26.2. The number of methoxy groups -OCH3 is 1. The van der Waals surface area contributed by atoms with Crippen LogP contribution < -0.4 is 10.8 Å². The summed E-state index contributed by atoms with van der Waals surface area (Å²) in [7, 11) is 3.88. The second-order valence-electron chi connectivity index (χ2n) is 8.22. The number of esters is 1. The molecule has 1 fully saturated rings. The van der Waals surface area contributed by atoms with Crippen molar-refractivity contribution in [3.63, 3.8) is 0 Å². The molecule has 2 atom stereocenters. The number of nitrogens with one attached hydrogen (secondary N) is 1. The Bertz CT molecular complexity index is 983. The van der Waals surface area contributed by atoms with E-state index in [1.54, 1.807) is 14.2 Å². The molecule has 2 amide bonds. The number of carbonyl (C=O) groups excluding carboxylic acids is 3. The SMILES string of the molecule is COB(OC)c1ccc(C[C@@H](NC(=O)[C@H]2CCCN2C(=O)OCc2ccccc2)C(=O)OC)cc1. The fourth-order valence-corrected chi connectivity index (χ4v) is 4.08. The Kier molecular flexibility index (Phi) is 9.69. The summed E-state index contributed by atoms with van der Waals surface area (Å²) in [5, 5.41) is 2.76. The van der Waals surface area contributed by atoms with Gasteiger partial charge >= 0.3 is 19.2 Å². The van der Waals surface area contributed by atoms with Crippen molar-refractivity contribution in [1.29, 1.82) is 0 Å². The summed E-state index contributed by atoms with van der Waals surface area (Å²) in [6.45, 7) is 0.536. The molecular weight excluding hydrogens is 451 g/mol. The summed E-state index contributed by atoms with van der Waals surface area (Å²) in [5.74, 6) is -0.977.